The minimum Gasteiger partial charge on any atom is -0.462 e. The maximum Gasteiger partial charge on any atom is 0.343 e. The van der Waals surface area contributed by atoms with E-state index in [2.05, 4.69) is 5.32 Å². The number of fused-ring (bicyclic) bond motifs is 3. The van der Waals surface area contributed by atoms with Gasteiger partial charge in [-0.1, -0.05) is 25.1 Å². The summed E-state index contributed by atoms with van der Waals surface area (Å²) in [6, 6.07) is 14.6. The Morgan fingerprint density at radius 3 is 2.35 bits per heavy atom. The van der Waals surface area contributed by atoms with Crippen LogP contribution in [0.2, 0.25) is 0 Å². The van der Waals surface area contributed by atoms with Crippen molar-refractivity contribution in [1.82, 2.24) is 8.97 Å². The normalized spacial score (nSPS) is 11.6. The fraction of sp³-hybridized carbons (Fsp3) is 0.208. The molecule has 0 aliphatic heterocycles. The molecule has 4 aromatic rings. The Bertz CT molecular complexity index is 1600. The van der Waals surface area contributed by atoms with Gasteiger partial charge in [-0.25, -0.2) is 13.2 Å². The van der Waals surface area contributed by atoms with E-state index in [1.165, 1.54) is 11.3 Å². The van der Waals surface area contributed by atoms with Crippen LogP contribution in [-0.4, -0.2) is 41.6 Å². The molecule has 0 bridgehead atoms. The molecule has 0 saturated carbocycles. The monoisotopic (exact) mass is 481 g/mol. The van der Waals surface area contributed by atoms with Gasteiger partial charge in [0.1, 0.15) is 16.1 Å². The zero-order chi connectivity index (χ0) is 24.6. The van der Waals surface area contributed by atoms with E-state index >= 15 is 0 Å². The lowest BCUT2D eigenvalue weighted by Gasteiger charge is -2.09. The number of aromatic nitrogens is 2. The number of benzene rings is 2. The number of amides is 1. The molecular weight excluding hydrogens is 458 g/mol. The molecule has 2 heterocycles. The molecule has 0 saturated heterocycles. The van der Waals surface area contributed by atoms with Crippen molar-refractivity contribution in [2.75, 3.05) is 17.7 Å². The highest BCUT2D eigenvalue weighted by Gasteiger charge is 2.27. The number of nitrogens with one attached hydrogen (secondary N) is 1. The first-order valence-corrected chi connectivity index (χ1v) is 12.3. The fourth-order valence-corrected chi connectivity index (χ4v) is 4.95. The van der Waals surface area contributed by atoms with Crippen LogP contribution >= 0.6 is 0 Å². The average Bonchev–Trinajstić information content (AvgIpc) is 3.12. The molecule has 0 aliphatic carbocycles. The Kier molecular flexibility index (Phi) is 6.01. The van der Waals surface area contributed by atoms with E-state index in [1.807, 2.05) is 0 Å². The van der Waals surface area contributed by atoms with Gasteiger partial charge in [-0.05, 0) is 43.3 Å². The summed E-state index contributed by atoms with van der Waals surface area (Å²) in [6.07, 6.45) is 0. The Labute approximate surface area is 195 Å². The highest BCUT2D eigenvalue weighted by molar-refractivity contribution is 7.91. The van der Waals surface area contributed by atoms with Crippen LogP contribution in [0.15, 0.2) is 64.3 Å². The van der Waals surface area contributed by atoms with E-state index in [0.717, 1.165) is 6.07 Å². The summed E-state index contributed by atoms with van der Waals surface area (Å²) in [5, 5.41) is 2.78. The van der Waals surface area contributed by atoms with Crippen molar-refractivity contribution >= 4 is 44.1 Å². The smallest absolute Gasteiger partial charge is 0.343 e. The summed E-state index contributed by atoms with van der Waals surface area (Å²) in [5.41, 5.74) is 0.788. The minimum absolute atomic E-state index is 0.0298. The van der Waals surface area contributed by atoms with E-state index in [9.17, 15) is 22.8 Å². The van der Waals surface area contributed by atoms with Crippen LogP contribution in [0.5, 0.6) is 0 Å². The molecule has 0 unspecified atom stereocenters. The standard InChI is InChI=1S/C24H23N3O6S/c1-4-33-24(30)17-14-20(34(31,32)5-2)22-26(3)18-12-11-16(13-19(18)27(22)23(17)29)25-21(28)15-9-7-6-8-10-15/h6-14H,4-5H2,1-3H3,(H,25,28). The molecule has 1 amide bonds. The number of sulfone groups is 1. The van der Waals surface area contributed by atoms with Gasteiger partial charge in [0.15, 0.2) is 9.84 Å². The van der Waals surface area contributed by atoms with Crippen LogP contribution < -0.4 is 10.9 Å². The number of carbonyl (C=O) groups excluding carboxylic acids is 2. The molecule has 2 aromatic heterocycles. The number of hydrogen-bond acceptors (Lipinski definition) is 6. The van der Waals surface area contributed by atoms with Gasteiger partial charge >= 0.3 is 5.97 Å². The van der Waals surface area contributed by atoms with Gasteiger partial charge in [0.05, 0.1) is 23.4 Å². The van der Waals surface area contributed by atoms with Crippen molar-refractivity contribution in [3.63, 3.8) is 0 Å². The van der Waals surface area contributed by atoms with Gasteiger partial charge in [-0.2, -0.15) is 0 Å². The van der Waals surface area contributed by atoms with E-state index < -0.39 is 21.4 Å². The zero-order valence-electron chi connectivity index (χ0n) is 18.9. The van der Waals surface area contributed by atoms with Crippen molar-refractivity contribution < 1.29 is 22.7 Å². The highest BCUT2D eigenvalue weighted by Crippen LogP contribution is 2.27. The molecule has 34 heavy (non-hydrogen) atoms. The minimum atomic E-state index is -3.81. The number of imidazole rings is 1. The molecule has 9 nitrogen and oxygen atoms in total. The Balaban J connectivity index is 2.00. The Morgan fingerprint density at radius 1 is 1.00 bits per heavy atom. The molecule has 0 radical (unpaired) electrons. The van der Waals surface area contributed by atoms with Gasteiger partial charge in [0.2, 0.25) is 0 Å². The lowest BCUT2D eigenvalue weighted by atomic mass is 10.2. The van der Waals surface area contributed by atoms with E-state index in [-0.39, 0.29) is 34.4 Å². The maximum atomic E-state index is 13.4. The number of ether oxygens (including phenoxy) is 1. The van der Waals surface area contributed by atoms with Gasteiger partial charge in [0.25, 0.3) is 11.5 Å². The molecule has 4 rings (SSSR count). The van der Waals surface area contributed by atoms with E-state index in [0.29, 0.717) is 22.3 Å². The van der Waals surface area contributed by atoms with Crippen molar-refractivity contribution in [2.45, 2.75) is 18.7 Å². The quantitative estimate of drug-likeness (QED) is 0.423. The third-order valence-corrected chi connectivity index (χ3v) is 7.27. The van der Waals surface area contributed by atoms with Gasteiger partial charge in [0, 0.05) is 18.3 Å². The second kappa shape index (κ2) is 8.79. The number of anilines is 1. The van der Waals surface area contributed by atoms with Crippen molar-refractivity contribution in [1.29, 1.82) is 0 Å². The summed E-state index contributed by atoms with van der Waals surface area (Å²) in [4.78, 5) is 38.3. The van der Waals surface area contributed by atoms with Crippen molar-refractivity contribution in [3.05, 3.63) is 76.1 Å². The predicted molar refractivity (Wildman–Crippen MR) is 128 cm³/mol. The first-order valence-electron chi connectivity index (χ1n) is 10.6. The van der Waals surface area contributed by atoms with Gasteiger partial charge in [-0.15, -0.1) is 0 Å². The average molecular weight is 482 g/mol. The molecule has 10 heteroatoms. The number of pyridine rings is 1. The van der Waals surface area contributed by atoms with Crippen LogP contribution in [0.1, 0.15) is 34.6 Å². The molecule has 2 aromatic carbocycles. The molecule has 0 fully saturated rings. The van der Waals surface area contributed by atoms with Crippen LogP contribution in [0.25, 0.3) is 16.7 Å². The number of aryl methyl sites for hydroxylation is 1. The lowest BCUT2D eigenvalue weighted by Crippen LogP contribution is -2.25. The molecule has 0 aliphatic rings. The van der Waals surface area contributed by atoms with Crippen molar-refractivity contribution in [3.8, 4) is 0 Å². The Hall–Kier alpha value is -3.92. The number of nitrogens with zero attached hydrogens (tertiary/aromatic N) is 2. The lowest BCUT2D eigenvalue weighted by molar-refractivity contribution is 0.0523. The number of rotatable bonds is 6. The highest BCUT2D eigenvalue weighted by atomic mass is 32.2. The van der Waals surface area contributed by atoms with Gasteiger partial charge < -0.3 is 14.6 Å². The summed E-state index contributed by atoms with van der Waals surface area (Å²) in [5.74, 6) is -1.46. The molecule has 1 N–H and O–H groups in total. The first kappa shape index (κ1) is 23.2. The second-order valence-corrected chi connectivity index (χ2v) is 9.84. The molecule has 0 atom stereocenters. The van der Waals surface area contributed by atoms with Gasteiger partial charge in [-0.3, -0.25) is 14.0 Å². The van der Waals surface area contributed by atoms with Crippen LogP contribution in [0.4, 0.5) is 5.69 Å². The maximum absolute atomic E-state index is 13.4. The third-order valence-electron chi connectivity index (χ3n) is 5.54. The van der Waals surface area contributed by atoms with Crippen molar-refractivity contribution in [2.24, 2.45) is 7.05 Å². The number of carbonyl (C=O) groups is 2. The Morgan fingerprint density at radius 2 is 1.71 bits per heavy atom. The fourth-order valence-electron chi connectivity index (χ4n) is 3.83. The topological polar surface area (TPSA) is 116 Å². The summed E-state index contributed by atoms with van der Waals surface area (Å²) >= 11 is 0. The summed E-state index contributed by atoms with van der Waals surface area (Å²) in [7, 11) is -2.17. The number of hydrogen-bond donors (Lipinski definition) is 1. The predicted octanol–water partition coefficient (Wildman–Crippen LogP) is 3.01. The molecular formula is C24H23N3O6S. The largest absolute Gasteiger partial charge is 0.462 e. The second-order valence-electron chi connectivity index (χ2n) is 7.59. The van der Waals surface area contributed by atoms with E-state index in [1.54, 1.807) is 67.1 Å². The molecule has 0 spiro atoms. The van der Waals surface area contributed by atoms with Crippen LogP contribution in [0, 0.1) is 0 Å². The summed E-state index contributed by atoms with van der Waals surface area (Å²) < 4.78 is 33.6. The summed E-state index contributed by atoms with van der Waals surface area (Å²) in [6.45, 7) is 3.11. The third kappa shape index (κ3) is 3.86. The number of esters is 1. The SMILES string of the molecule is CCOC(=O)c1cc(S(=O)(=O)CC)c2n(C)c3ccc(NC(=O)c4ccccc4)cc3n2c1=O. The van der Waals surface area contributed by atoms with E-state index in [4.69, 9.17) is 4.74 Å². The molecule has 176 valence electrons. The van der Waals surface area contributed by atoms with Crippen LogP contribution in [0.3, 0.4) is 0 Å². The first-order chi connectivity index (χ1) is 16.2. The zero-order valence-corrected chi connectivity index (χ0v) is 19.7. The van der Waals surface area contributed by atoms with Crippen LogP contribution in [-0.2, 0) is 21.6 Å².